The zero-order valence-corrected chi connectivity index (χ0v) is 10.3. The van der Waals surface area contributed by atoms with E-state index < -0.39 is 0 Å². The molecule has 0 aromatic carbocycles. The van der Waals surface area contributed by atoms with Crippen LogP contribution in [0.15, 0.2) is 48.6 Å². The summed E-state index contributed by atoms with van der Waals surface area (Å²) in [5.41, 5.74) is 0.981. The van der Waals surface area contributed by atoms with Crippen molar-refractivity contribution in [2.75, 3.05) is 5.32 Å². The van der Waals surface area contributed by atoms with Gasteiger partial charge in [-0.15, -0.1) is 11.3 Å². The van der Waals surface area contributed by atoms with Crippen molar-refractivity contribution >= 4 is 17.0 Å². The van der Waals surface area contributed by atoms with E-state index >= 15 is 0 Å². The van der Waals surface area contributed by atoms with Crippen molar-refractivity contribution in [3.05, 3.63) is 53.6 Å². The summed E-state index contributed by atoms with van der Waals surface area (Å²) in [6.45, 7) is 0.726. The molecule has 6 heteroatoms. The second-order valence-corrected chi connectivity index (χ2v) is 4.63. The molecular formula is C12H11N5S. The number of imidazole rings is 1. The van der Waals surface area contributed by atoms with Gasteiger partial charge in [0.05, 0.1) is 18.4 Å². The number of nitrogens with zero attached hydrogens (tertiary/aromatic N) is 4. The van der Waals surface area contributed by atoms with E-state index in [0.29, 0.717) is 0 Å². The number of thiazole rings is 1. The van der Waals surface area contributed by atoms with E-state index in [4.69, 9.17) is 0 Å². The maximum atomic E-state index is 4.36. The normalized spacial score (nSPS) is 10.4. The van der Waals surface area contributed by atoms with Crippen LogP contribution in [0.1, 0.15) is 5.01 Å². The average Bonchev–Trinajstić information content (AvgIpc) is 3.10. The third-order valence-electron chi connectivity index (χ3n) is 2.44. The molecular weight excluding hydrogens is 246 g/mol. The van der Waals surface area contributed by atoms with E-state index in [0.717, 1.165) is 23.1 Å². The number of pyridine rings is 1. The van der Waals surface area contributed by atoms with Gasteiger partial charge in [0.15, 0.2) is 0 Å². The van der Waals surface area contributed by atoms with E-state index in [-0.39, 0.29) is 0 Å². The summed E-state index contributed by atoms with van der Waals surface area (Å²) in [6.07, 6.45) is 8.94. The zero-order valence-electron chi connectivity index (χ0n) is 9.52. The molecule has 0 amide bonds. The summed E-state index contributed by atoms with van der Waals surface area (Å²) in [7, 11) is 0. The van der Waals surface area contributed by atoms with Crippen molar-refractivity contribution < 1.29 is 0 Å². The largest absolute Gasteiger partial charge is 0.377 e. The molecule has 3 rings (SSSR count). The van der Waals surface area contributed by atoms with Gasteiger partial charge in [0.1, 0.15) is 17.2 Å². The van der Waals surface area contributed by atoms with Crippen LogP contribution in [0.25, 0.3) is 5.82 Å². The quantitative estimate of drug-likeness (QED) is 0.779. The summed E-state index contributed by atoms with van der Waals surface area (Å²) >= 11 is 1.64. The van der Waals surface area contributed by atoms with Gasteiger partial charge in [-0.05, 0) is 12.1 Å². The first-order valence-electron chi connectivity index (χ1n) is 5.48. The number of nitrogens with one attached hydrogen (secondary N) is 1. The summed E-state index contributed by atoms with van der Waals surface area (Å²) < 4.78 is 1.87. The van der Waals surface area contributed by atoms with Crippen LogP contribution in [0.2, 0.25) is 0 Å². The zero-order chi connectivity index (χ0) is 12.2. The molecule has 0 atom stereocenters. The number of rotatable bonds is 4. The molecule has 0 spiro atoms. The van der Waals surface area contributed by atoms with Crippen molar-refractivity contribution in [1.82, 2.24) is 19.5 Å². The first-order valence-corrected chi connectivity index (χ1v) is 6.36. The van der Waals surface area contributed by atoms with Crippen molar-refractivity contribution in [2.45, 2.75) is 6.54 Å². The van der Waals surface area contributed by atoms with Gasteiger partial charge < -0.3 is 5.32 Å². The second-order valence-electron chi connectivity index (χ2n) is 3.65. The van der Waals surface area contributed by atoms with E-state index in [9.17, 15) is 0 Å². The highest BCUT2D eigenvalue weighted by Gasteiger charge is 1.99. The highest BCUT2D eigenvalue weighted by molar-refractivity contribution is 7.09. The molecule has 0 saturated carbocycles. The maximum absolute atomic E-state index is 4.36. The predicted molar refractivity (Wildman–Crippen MR) is 70.8 cm³/mol. The average molecular weight is 257 g/mol. The van der Waals surface area contributed by atoms with Gasteiger partial charge in [-0.3, -0.25) is 4.57 Å². The molecule has 5 nitrogen and oxygen atoms in total. The Labute approximate surface area is 108 Å². The lowest BCUT2D eigenvalue weighted by Crippen LogP contribution is -2.00. The lowest BCUT2D eigenvalue weighted by Gasteiger charge is -2.05. The van der Waals surface area contributed by atoms with Crippen LogP contribution in [-0.2, 0) is 6.54 Å². The van der Waals surface area contributed by atoms with Crippen LogP contribution < -0.4 is 5.32 Å². The number of aromatic nitrogens is 4. The maximum Gasteiger partial charge on any atom is 0.137 e. The molecule has 0 unspecified atom stereocenters. The van der Waals surface area contributed by atoms with Gasteiger partial charge in [0, 0.05) is 24.0 Å². The molecule has 3 aromatic rings. The summed E-state index contributed by atoms with van der Waals surface area (Å²) in [6, 6.07) is 3.95. The number of anilines is 1. The van der Waals surface area contributed by atoms with Crippen LogP contribution in [0.4, 0.5) is 5.69 Å². The van der Waals surface area contributed by atoms with Crippen LogP contribution in [0.5, 0.6) is 0 Å². The third kappa shape index (κ3) is 2.38. The fourth-order valence-electron chi connectivity index (χ4n) is 1.56. The molecule has 0 saturated heterocycles. The molecule has 0 aliphatic carbocycles. The lowest BCUT2D eigenvalue weighted by atomic mass is 10.4. The molecule has 0 aliphatic heterocycles. The van der Waals surface area contributed by atoms with Crippen molar-refractivity contribution in [3.63, 3.8) is 0 Å². The molecule has 0 aliphatic rings. The van der Waals surface area contributed by atoms with E-state index in [1.54, 1.807) is 23.9 Å². The molecule has 3 heterocycles. The Morgan fingerprint density at radius 3 is 2.89 bits per heavy atom. The Morgan fingerprint density at radius 1 is 1.22 bits per heavy atom. The predicted octanol–water partition coefficient (Wildman–Crippen LogP) is 2.34. The fourth-order valence-corrected chi connectivity index (χ4v) is 2.11. The molecule has 0 bridgehead atoms. The monoisotopic (exact) mass is 257 g/mol. The highest BCUT2D eigenvalue weighted by Crippen LogP contribution is 2.12. The minimum Gasteiger partial charge on any atom is -0.377 e. The Morgan fingerprint density at radius 2 is 2.22 bits per heavy atom. The highest BCUT2D eigenvalue weighted by atomic mass is 32.1. The molecule has 3 aromatic heterocycles. The molecule has 1 N–H and O–H groups in total. The molecule has 90 valence electrons. The minimum atomic E-state index is 0.726. The standard InChI is InChI=1S/C12H11N5S/c1-2-11(17-5-3-13-9-17)16-7-10(1)15-8-12-14-4-6-18-12/h1-7,9,15H,8H2. The Bertz CT molecular complexity index is 586. The van der Waals surface area contributed by atoms with Gasteiger partial charge in [0.2, 0.25) is 0 Å². The second kappa shape index (κ2) is 4.97. The van der Waals surface area contributed by atoms with Gasteiger partial charge in [-0.1, -0.05) is 0 Å². The van der Waals surface area contributed by atoms with E-state index in [1.165, 1.54) is 0 Å². The van der Waals surface area contributed by atoms with Crippen LogP contribution in [-0.4, -0.2) is 19.5 Å². The van der Waals surface area contributed by atoms with Crippen LogP contribution in [0.3, 0.4) is 0 Å². The van der Waals surface area contributed by atoms with Gasteiger partial charge >= 0.3 is 0 Å². The van der Waals surface area contributed by atoms with Crippen LogP contribution in [0, 0.1) is 0 Å². The summed E-state index contributed by atoms with van der Waals surface area (Å²) in [4.78, 5) is 12.6. The minimum absolute atomic E-state index is 0.726. The first kappa shape index (κ1) is 10.9. The van der Waals surface area contributed by atoms with Gasteiger partial charge in [0.25, 0.3) is 0 Å². The number of hydrogen-bond donors (Lipinski definition) is 1. The Hall–Kier alpha value is -2.21. The Balaban J connectivity index is 1.68. The van der Waals surface area contributed by atoms with Crippen LogP contribution >= 0.6 is 11.3 Å². The summed E-state index contributed by atoms with van der Waals surface area (Å²) in [5, 5.41) is 6.31. The fraction of sp³-hybridized carbons (Fsp3) is 0.0833. The van der Waals surface area contributed by atoms with Crippen molar-refractivity contribution in [3.8, 4) is 5.82 Å². The van der Waals surface area contributed by atoms with Crippen molar-refractivity contribution in [1.29, 1.82) is 0 Å². The SMILES string of the molecule is c1cn(-c2ccc(NCc3nccs3)cn2)cn1. The summed E-state index contributed by atoms with van der Waals surface area (Å²) in [5.74, 6) is 0.854. The van der Waals surface area contributed by atoms with Gasteiger partial charge in [-0.2, -0.15) is 0 Å². The first-order chi connectivity index (χ1) is 8.92. The van der Waals surface area contributed by atoms with Gasteiger partial charge in [-0.25, -0.2) is 15.0 Å². The number of hydrogen-bond acceptors (Lipinski definition) is 5. The topological polar surface area (TPSA) is 55.6 Å². The van der Waals surface area contributed by atoms with Crippen molar-refractivity contribution in [2.24, 2.45) is 0 Å². The molecule has 18 heavy (non-hydrogen) atoms. The lowest BCUT2D eigenvalue weighted by molar-refractivity contribution is 0.990. The Kier molecular flexibility index (Phi) is 3.01. The smallest absolute Gasteiger partial charge is 0.137 e. The van der Waals surface area contributed by atoms with E-state index in [2.05, 4.69) is 20.3 Å². The molecule has 0 fully saturated rings. The third-order valence-corrected chi connectivity index (χ3v) is 3.22. The van der Waals surface area contributed by atoms with E-state index in [1.807, 2.05) is 40.7 Å². The molecule has 0 radical (unpaired) electrons.